The number of rotatable bonds is 2. The van der Waals surface area contributed by atoms with Gasteiger partial charge in [-0.25, -0.2) is 0 Å². The number of fused-ring (bicyclic) bond motifs is 1. The van der Waals surface area contributed by atoms with E-state index >= 15 is 0 Å². The van der Waals surface area contributed by atoms with E-state index in [-0.39, 0.29) is 11.6 Å². The summed E-state index contributed by atoms with van der Waals surface area (Å²) >= 11 is 1.83. The molecular weight excluding hydrogens is 256 g/mol. The fourth-order valence-corrected chi connectivity index (χ4v) is 4.47. The smallest absolute Gasteiger partial charge is 0.243 e. The van der Waals surface area contributed by atoms with Crippen molar-refractivity contribution in [1.29, 1.82) is 0 Å². The summed E-state index contributed by atoms with van der Waals surface area (Å²) in [6.07, 6.45) is 4.02. The fraction of sp³-hybridized carbons (Fsp3) is 0.667. The SMILES string of the molecule is CCC1(C(=O)N2CCc3sccc3C2C)CCCN1. The highest BCUT2D eigenvalue weighted by atomic mass is 32.1. The lowest BCUT2D eigenvalue weighted by molar-refractivity contribution is -0.140. The minimum absolute atomic E-state index is 0.230. The molecule has 3 nitrogen and oxygen atoms in total. The molecule has 3 heterocycles. The van der Waals surface area contributed by atoms with Gasteiger partial charge in [0.25, 0.3) is 0 Å². The van der Waals surface area contributed by atoms with Crippen LogP contribution in [0.4, 0.5) is 0 Å². The second-order valence-electron chi connectivity index (χ2n) is 5.69. The minimum Gasteiger partial charge on any atom is -0.334 e. The normalized spacial score (nSPS) is 30.4. The van der Waals surface area contributed by atoms with E-state index in [1.807, 2.05) is 11.3 Å². The molecule has 1 N–H and O–H groups in total. The van der Waals surface area contributed by atoms with Crippen LogP contribution in [0.15, 0.2) is 11.4 Å². The predicted octanol–water partition coefficient (Wildman–Crippen LogP) is 2.73. The van der Waals surface area contributed by atoms with Crippen molar-refractivity contribution in [2.45, 2.75) is 51.1 Å². The van der Waals surface area contributed by atoms with Gasteiger partial charge >= 0.3 is 0 Å². The van der Waals surface area contributed by atoms with E-state index in [0.29, 0.717) is 5.91 Å². The third-order valence-corrected chi connectivity index (χ3v) is 5.79. The summed E-state index contributed by atoms with van der Waals surface area (Å²) in [7, 11) is 0. The molecule has 0 aromatic carbocycles. The monoisotopic (exact) mass is 278 g/mol. The maximum Gasteiger partial charge on any atom is 0.243 e. The van der Waals surface area contributed by atoms with Gasteiger partial charge in [-0.15, -0.1) is 11.3 Å². The van der Waals surface area contributed by atoms with E-state index in [0.717, 1.165) is 38.8 Å². The zero-order chi connectivity index (χ0) is 13.5. The molecule has 1 aromatic heterocycles. The molecule has 2 atom stereocenters. The van der Waals surface area contributed by atoms with Crippen molar-refractivity contribution in [3.05, 3.63) is 21.9 Å². The molecule has 0 radical (unpaired) electrons. The Labute approximate surface area is 119 Å². The van der Waals surface area contributed by atoms with Gasteiger partial charge in [-0.3, -0.25) is 4.79 Å². The summed E-state index contributed by atoms with van der Waals surface area (Å²) in [5.41, 5.74) is 1.07. The van der Waals surface area contributed by atoms with Crippen molar-refractivity contribution in [3.63, 3.8) is 0 Å². The predicted molar refractivity (Wildman–Crippen MR) is 78.4 cm³/mol. The zero-order valence-electron chi connectivity index (χ0n) is 11.7. The number of hydrogen-bond acceptors (Lipinski definition) is 3. The topological polar surface area (TPSA) is 32.3 Å². The lowest BCUT2D eigenvalue weighted by Crippen LogP contribution is -2.56. The second kappa shape index (κ2) is 4.91. The number of nitrogens with one attached hydrogen (secondary N) is 1. The van der Waals surface area contributed by atoms with Crippen LogP contribution in [0, 0.1) is 0 Å². The Morgan fingerprint density at radius 1 is 1.63 bits per heavy atom. The van der Waals surface area contributed by atoms with Crippen molar-refractivity contribution in [1.82, 2.24) is 10.2 Å². The molecule has 2 aliphatic rings. The Balaban J connectivity index is 1.85. The van der Waals surface area contributed by atoms with Gasteiger partial charge in [-0.1, -0.05) is 6.92 Å². The molecular formula is C15H22N2OS. The first kappa shape index (κ1) is 13.1. The molecule has 2 unspecified atom stereocenters. The molecule has 0 aliphatic carbocycles. The average molecular weight is 278 g/mol. The van der Waals surface area contributed by atoms with E-state index in [9.17, 15) is 4.79 Å². The van der Waals surface area contributed by atoms with Crippen LogP contribution in [-0.2, 0) is 11.2 Å². The molecule has 0 saturated carbocycles. The third kappa shape index (κ3) is 2.01. The average Bonchev–Trinajstić information content (AvgIpc) is 3.08. The largest absolute Gasteiger partial charge is 0.334 e. The molecule has 3 rings (SSSR count). The Kier molecular flexibility index (Phi) is 3.39. The molecule has 1 amide bonds. The standard InChI is InChI=1S/C15H22N2OS/c1-3-15(7-4-8-16-15)14(18)17-9-5-13-12(11(17)2)6-10-19-13/h6,10-11,16H,3-5,7-9H2,1-2H3. The Hall–Kier alpha value is -0.870. The van der Waals surface area contributed by atoms with Crippen LogP contribution in [0.5, 0.6) is 0 Å². The van der Waals surface area contributed by atoms with Crippen molar-refractivity contribution in [2.75, 3.05) is 13.1 Å². The summed E-state index contributed by atoms with van der Waals surface area (Å²) in [5.74, 6) is 0.317. The Morgan fingerprint density at radius 2 is 2.47 bits per heavy atom. The van der Waals surface area contributed by atoms with Crippen molar-refractivity contribution < 1.29 is 4.79 Å². The van der Waals surface area contributed by atoms with Crippen LogP contribution in [0.3, 0.4) is 0 Å². The maximum absolute atomic E-state index is 13.0. The number of amides is 1. The Morgan fingerprint density at radius 3 is 3.16 bits per heavy atom. The van der Waals surface area contributed by atoms with Crippen LogP contribution in [0.1, 0.15) is 49.6 Å². The van der Waals surface area contributed by atoms with Gasteiger partial charge < -0.3 is 10.2 Å². The van der Waals surface area contributed by atoms with Crippen LogP contribution in [0.2, 0.25) is 0 Å². The van der Waals surface area contributed by atoms with Crippen molar-refractivity contribution >= 4 is 17.2 Å². The quantitative estimate of drug-likeness (QED) is 0.902. The molecule has 1 saturated heterocycles. The highest BCUT2D eigenvalue weighted by Gasteiger charge is 2.44. The summed E-state index contributed by atoms with van der Waals surface area (Å²) in [5, 5.41) is 5.62. The van der Waals surface area contributed by atoms with Crippen LogP contribution >= 0.6 is 11.3 Å². The van der Waals surface area contributed by atoms with Crippen LogP contribution in [-0.4, -0.2) is 29.4 Å². The molecule has 0 spiro atoms. The van der Waals surface area contributed by atoms with Gasteiger partial charge in [-0.2, -0.15) is 0 Å². The molecule has 1 fully saturated rings. The molecule has 4 heteroatoms. The van der Waals surface area contributed by atoms with Gasteiger partial charge in [-0.05, 0) is 56.2 Å². The summed E-state index contributed by atoms with van der Waals surface area (Å²) in [4.78, 5) is 16.5. The first-order valence-corrected chi connectivity index (χ1v) is 8.18. The van der Waals surface area contributed by atoms with E-state index in [2.05, 4.69) is 35.5 Å². The van der Waals surface area contributed by atoms with Crippen molar-refractivity contribution in [3.8, 4) is 0 Å². The molecule has 19 heavy (non-hydrogen) atoms. The zero-order valence-corrected chi connectivity index (χ0v) is 12.6. The number of thiophene rings is 1. The molecule has 1 aromatic rings. The van der Waals surface area contributed by atoms with E-state index in [4.69, 9.17) is 0 Å². The van der Waals surface area contributed by atoms with E-state index in [1.165, 1.54) is 10.4 Å². The molecule has 2 aliphatic heterocycles. The molecule has 0 bridgehead atoms. The lowest BCUT2D eigenvalue weighted by atomic mass is 9.90. The fourth-order valence-electron chi connectivity index (χ4n) is 3.50. The molecule has 104 valence electrons. The van der Waals surface area contributed by atoms with Crippen LogP contribution in [0.25, 0.3) is 0 Å². The number of hydrogen-bond donors (Lipinski definition) is 1. The Bertz CT molecular complexity index is 476. The highest BCUT2D eigenvalue weighted by molar-refractivity contribution is 7.10. The summed E-state index contributed by atoms with van der Waals surface area (Å²) in [6, 6.07) is 2.42. The maximum atomic E-state index is 13.0. The summed E-state index contributed by atoms with van der Waals surface area (Å²) < 4.78 is 0. The van der Waals surface area contributed by atoms with Crippen LogP contribution < -0.4 is 5.32 Å². The second-order valence-corrected chi connectivity index (χ2v) is 6.69. The third-order valence-electron chi connectivity index (χ3n) is 4.79. The lowest BCUT2D eigenvalue weighted by Gasteiger charge is -2.40. The van der Waals surface area contributed by atoms with Gasteiger partial charge in [0.1, 0.15) is 0 Å². The number of carbonyl (C=O) groups is 1. The highest BCUT2D eigenvalue weighted by Crippen LogP contribution is 2.36. The first-order valence-electron chi connectivity index (χ1n) is 7.30. The van der Waals surface area contributed by atoms with Gasteiger partial charge in [0.15, 0.2) is 0 Å². The number of nitrogens with zero attached hydrogens (tertiary/aromatic N) is 1. The van der Waals surface area contributed by atoms with Crippen molar-refractivity contribution in [2.24, 2.45) is 0 Å². The van der Waals surface area contributed by atoms with E-state index in [1.54, 1.807) is 0 Å². The van der Waals surface area contributed by atoms with Gasteiger partial charge in [0, 0.05) is 11.4 Å². The minimum atomic E-state index is -0.290. The van der Waals surface area contributed by atoms with Gasteiger partial charge in [0.05, 0.1) is 11.6 Å². The number of carbonyl (C=O) groups excluding carboxylic acids is 1. The first-order chi connectivity index (χ1) is 9.18. The summed E-state index contributed by atoms with van der Waals surface area (Å²) in [6.45, 7) is 6.14. The van der Waals surface area contributed by atoms with E-state index < -0.39 is 0 Å². The van der Waals surface area contributed by atoms with Gasteiger partial charge in [0.2, 0.25) is 5.91 Å².